The van der Waals surface area contributed by atoms with Gasteiger partial charge in [0.15, 0.2) is 0 Å². The lowest BCUT2D eigenvalue weighted by molar-refractivity contribution is 0.137. The van der Waals surface area contributed by atoms with E-state index in [9.17, 15) is 0 Å². The Balaban J connectivity index is 0.000000399. The molecule has 1 unspecified atom stereocenters. The second-order valence-corrected chi connectivity index (χ2v) is 5.95. The van der Waals surface area contributed by atoms with Gasteiger partial charge in [-0.25, -0.2) is 4.79 Å². The molecule has 2 N–H and O–H groups in total. The van der Waals surface area contributed by atoms with Crippen LogP contribution in [0.1, 0.15) is 25.8 Å². The Morgan fingerprint density at radius 1 is 1.32 bits per heavy atom. The van der Waals surface area contributed by atoms with Crippen molar-refractivity contribution in [1.82, 2.24) is 0 Å². The average Bonchev–Trinajstić information content (AvgIpc) is 2.85. The Labute approximate surface area is 122 Å². The van der Waals surface area contributed by atoms with Crippen molar-refractivity contribution in [3.8, 4) is 0 Å². The third-order valence-corrected chi connectivity index (χ3v) is 3.65. The van der Waals surface area contributed by atoms with Crippen molar-refractivity contribution < 1.29 is 15.0 Å². The number of halogens is 2. The van der Waals surface area contributed by atoms with Crippen molar-refractivity contribution in [3.63, 3.8) is 0 Å². The molecule has 1 atom stereocenters. The molecule has 1 aliphatic carbocycles. The van der Waals surface area contributed by atoms with Gasteiger partial charge in [0.1, 0.15) is 0 Å². The molecule has 2 rings (SSSR count). The summed E-state index contributed by atoms with van der Waals surface area (Å²) in [6.07, 6.45) is 1.56. The molecule has 0 heterocycles. The van der Waals surface area contributed by atoms with Crippen LogP contribution in [0.15, 0.2) is 30.3 Å². The molecule has 1 aliphatic rings. The highest BCUT2D eigenvalue weighted by atomic mass is 35.5. The van der Waals surface area contributed by atoms with Gasteiger partial charge in [0.05, 0.1) is 0 Å². The van der Waals surface area contributed by atoms with Gasteiger partial charge in [0, 0.05) is 10.1 Å². The number of rotatable bonds is 2. The van der Waals surface area contributed by atoms with Crippen LogP contribution in [0.2, 0.25) is 5.02 Å². The fourth-order valence-corrected chi connectivity index (χ4v) is 2.08. The molecule has 19 heavy (non-hydrogen) atoms. The van der Waals surface area contributed by atoms with Crippen LogP contribution in [0.3, 0.4) is 0 Å². The summed E-state index contributed by atoms with van der Waals surface area (Å²) < 4.78 is 0. The van der Waals surface area contributed by atoms with E-state index in [0.29, 0.717) is 11.3 Å². The maximum atomic E-state index is 8.56. The minimum atomic E-state index is -1.83. The molecule has 1 aromatic carbocycles. The lowest BCUT2D eigenvalue weighted by atomic mass is 10.1. The van der Waals surface area contributed by atoms with Crippen LogP contribution in [0, 0.1) is 11.3 Å². The molecule has 1 saturated carbocycles. The summed E-state index contributed by atoms with van der Waals surface area (Å²) in [6.45, 7) is 4.53. The first-order valence-corrected chi connectivity index (χ1v) is 6.53. The van der Waals surface area contributed by atoms with E-state index in [4.69, 9.17) is 38.2 Å². The lowest BCUT2D eigenvalue weighted by Crippen LogP contribution is -1.87. The predicted octanol–water partition coefficient (Wildman–Crippen LogP) is 5.19. The number of hydrogen-bond acceptors (Lipinski definition) is 1. The number of hydrogen-bond donors (Lipinski definition) is 2. The van der Waals surface area contributed by atoms with Crippen molar-refractivity contribution in [2.75, 3.05) is 0 Å². The van der Waals surface area contributed by atoms with Crippen LogP contribution in [0.4, 0.5) is 4.79 Å². The highest BCUT2D eigenvalue weighted by Gasteiger charge is 2.43. The van der Waals surface area contributed by atoms with Gasteiger partial charge in [-0.15, -0.1) is 0 Å². The molecule has 104 valence electrons. The molecule has 1 aromatic rings. The van der Waals surface area contributed by atoms with E-state index in [1.807, 2.05) is 24.3 Å². The summed E-state index contributed by atoms with van der Waals surface area (Å²) in [5.74, 6) is 0.626. The third kappa shape index (κ3) is 5.53. The summed E-state index contributed by atoms with van der Waals surface area (Å²) >= 11 is 12.1. The van der Waals surface area contributed by atoms with Crippen molar-refractivity contribution in [1.29, 1.82) is 0 Å². The third-order valence-electron chi connectivity index (χ3n) is 3.06. The molecule has 0 spiro atoms. The normalized spacial score (nSPS) is 20.2. The van der Waals surface area contributed by atoms with Crippen LogP contribution >= 0.6 is 23.2 Å². The van der Waals surface area contributed by atoms with Crippen LogP contribution in [-0.4, -0.2) is 16.4 Å². The number of carboxylic acid groups (broad SMARTS) is 2. The van der Waals surface area contributed by atoms with Crippen molar-refractivity contribution in [3.05, 3.63) is 40.9 Å². The fourth-order valence-electron chi connectivity index (χ4n) is 1.67. The zero-order valence-electron chi connectivity index (χ0n) is 10.7. The summed E-state index contributed by atoms with van der Waals surface area (Å²) in [7, 11) is 0. The van der Waals surface area contributed by atoms with E-state index >= 15 is 0 Å². The summed E-state index contributed by atoms with van der Waals surface area (Å²) in [6, 6.07) is 7.64. The summed E-state index contributed by atoms with van der Waals surface area (Å²) in [5, 5.41) is 15.5. The standard InChI is InChI=1S/C13H14Cl2.CH2O3/c1-13(2)8-10(13)7-12(15)9-3-5-11(14)6-4-9;2-1(3)4/h3-7,10H,8H2,1-2H3;(H2,2,3,4)/b12-7+;. The predicted molar refractivity (Wildman–Crippen MR) is 77.8 cm³/mol. The van der Waals surface area contributed by atoms with E-state index in [0.717, 1.165) is 15.6 Å². The van der Waals surface area contributed by atoms with Gasteiger partial charge >= 0.3 is 6.16 Å². The maximum Gasteiger partial charge on any atom is 0.503 e. The topological polar surface area (TPSA) is 57.5 Å². The van der Waals surface area contributed by atoms with E-state index in [1.54, 1.807) is 0 Å². The highest BCUT2D eigenvalue weighted by Crippen LogP contribution is 2.53. The Morgan fingerprint density at radius 3 is 2.11 bits per heavy atom. The van der Waals surface area contributed by atoms with Crippen LogP contribution in [0.25, 0.3) is 5.03 Å². The smallest absolute Gasteiger partial charge is 0.450 e. The second kappa shape index (κ2) is 6.31. The van der Waals surface area contributed by atoms with Crippen molar-refractivity contribution in [2.24, 2.45) is 11.3 Å². The molecule has 0 amide bonds. The van der Waals surface area contributed by atoms with E-state index < -0.39 is 6.16 Å². The van der Waals surface area contributed by atoms with E-state index in [-0.39, 0.29) is 0 Å². The van der Waals surface area contributed by atoms with Crippen LogP contribution in [0.5, 0.6) is 0 Å². The molecule has 0 saturated heterocycles. The minimum absolute atomic E-state index is 0.437. The SMILES string of the molecule is CC1(C)CC1/C=C(/Cl)c1ccc(Cl)cc1.O=C(O)O. The average molecular weight is 303 g/mol. The summed E-state index contributed by atoms with van der Waals surface area (Å²) in [5.41, 5.74) is 1.48. The molecule has 0 bridgehead atoms. The van der Waals surface area contributed by atoms with Crippen molar-refractivity contribution >= 4 is 34.4 Å². The largest absolute Gasteiger partial charge is 0.503 e. The van der Waals surface area contributed by atoms with Gasteiger partial charge in [-0.1, -0.05) is 55.3 Å². The quantitative estimate of drug-likeness (QED) is 0.790. The molecular formula is C14H16Cl2O3. The van der Waals surface area contributed by atoms with Gasteiger partial charge in [0.2, 0.25) is 0 Å². The van der Waals surface area contributed by atoms with Crippen molar-refractivity contribution in [2.45, 2.75) is 20.3 Å². The zero-order chi connectivity index (χ0) is 14.6. The van der Waals surface area contributed by atoms with Gasteiger partial charge in [-0.3, -0.25) is 0 Å². The molecule has 5 heteroatoms. The second-order valence-electron chi connectivity index (χ2n) is 5.10. The molecule has 0 aromatic heterocycles. The highest BCUT2D eigenvalue weighted by molar-refractivity contribution is 6.48. The first-order valence-electron chi connectivity index (χ1n) is 5.77. The Bertz CT molecular complexity index is 474. The van der Waals surface area contributed by atoms with E-state index in [1.165, 1.54) is 6.42 Å². The van der Waals surface area contributed by atoms with Crippen LogP contribution in [-0.2, 0) is 0 Å². The first-order chi connectivity index (χ1) is 8.72. The molecule has 0 aliphatic heterocycles. The number of benzene rings is 1. The van der Waals surface area contributed by atoms with E-state index in [2.05, 4.69) is 19.9 Å². The van der Waals surface area contributed by atoms with Crippen LogP contribution < -0.4 is 0 Å². The van der Waals surface area contributed by atoms with Gasteiger partial charge in [-0.05, 0) is 35.4 Å². The first kappa shape index (κ1) is 15.9. The van der Waals surface area contributed by atoms with Gasteiger partial charge < -0.3 is 10.2 Å². The Hall–Kier alpha value is -1.19. The minimum Gasteiger partial charge on any atom is -0.450 e. The molecular weight excluding hydrogens is 287 g/mol. The molecule has 0 radical (unpaired) electrons. The lowest BCUT2D eigenvalue weighted by Gasteiger charge is -2.01. The zero-order valence-corrected chi connectivity index (χ0v) is 12.2. The molecule has 1 fully saturated rings. The van der Waals surface area contributed by atoms with Gasteiger partial charge in [-0.2, -0.15) is 0 Å². The Kier molecular flexibility index (Phi) is 5.27. The molecule has 3 nitrogen and oxygen atoms in total. The number of carbonyl (C=O) groups is 1. The number of allylic oxidation sites excluding steroid dienone is 1. The fraction of sp³-hybridized carbons (Fsp3) is 0.357. The monoisotopic (exact) mass is 302 g/mol. The summed E-state index contributed by atoms with van der Waals surface area (Å²) in [4.78, 5) is 8.56. The Morgan fingerprint density at radius 2 is 1.74 bits per heavy atom. The van der Waals surface area contributed by atoms with Gasteiger partial charge in [0.25, 0.3) is 0 Å². The maximum absolute atomic E-state index is 8.56.